The minimum atomic E-state index is -0.363. The topological polar surface area (TPSA) is 70.7 Å². The molecular weight excluding hydrogens is 330 g/mol. The molecule has 1 fully saturated rings. The van der Waals surface area contributed by atoms with Crippen LogP contribution in [0.1, 0.15) is 39.2 Å². The minimum Gasteiger partial charge on any atom is -0.497 e. The van der Waals surface area contributed by atoms with Crippen molar-refractivity contribution in [1.29, 1.82) is 0 Å². The molecule has 1 aliphatic rings. The molecule has 1 aromatic rings. The molecule has 1 aliphatic heterocycles. The second-order valence-corrected chi connectivity index (χ2v) is 7.90. The summed E-state index contributed by atoms with van der Waals surface area (Å²) in [5.41, 5.74) is 0.682. The summed E-state index contributed by atoms with van der Waals surface area (Å²) in [5, 5.41) is 6.07. The molecule has 0 aromatic heterocycles. The van der Waals surface area contributed by atoms with E-state index in [0.29, 0.717) is 13.1 Å². The van der Waals surface area contributed by atoms with E-state index in [4.69, 9.17) is 4.74 Å². The number of nitrogens with one attached hydrogen (secondary N) is 2. The van der Waals surface area contributed by atoms with E-state index < -0.39 is 0 Å². The number of carbonyl (C=O) groups is 2. The summed E-state index contributed by atoms with van der Waals surface area (Å²) < 4.78 is 5.13. The van der Waals surface area contributed by atoms with Crippen molar-refractivity contribution in [3.8, 4) is 5.75 Å². The van der Waals surface area contributed by atoms with Crippen molar-refractivity contribution >= 4 is 11.8 Å². The zero-order chi connectivity index (χ0) is 19.2. The van der Waals surface area contributed by atoms with E-state index in [2.05, 4.69) is 15.5 Å². The number of benzene rings is 1. The van der Waals surface area contributed by atoms with Crippen molar-refractivity contribution in [2.75, 3.05) is 26.7 Å². The van der Waals surface area contributed by atoms with Crippen molar-refractivity contribution in [1.82, 2.24) is 15.5 Å². The molecule has 2 rings (SSSR count). The van der Waals surface area contributed by atoms with E-state index >= 15 is 0 Å². The maximum Gasteiger partial charge on any atom is 0.234 e. The fourth-order valence-corrected chi connectivity index (χ4v) is 2.84. The molecule has 2 N–H and O–H groups in total. The lowest BCUT2D eigenvalue weighted by molar-refractivity contribution is -0.130. The SMILES string of the molecule is COc1ccc(CNC(=O)CN2CCC(NC(=O)C(C)(C)C)CC2)cc1. The van der Waals surface area contributed by atoms with Crippen molar-refractivity contribution in [2.24, 2.45) is 5.41 Å². The van der Waals surface area contributed by atoms with Gasteiger partial charge in [0.25, 0.3) is 0 Å². The molecule has 6 heteroatoms. The van der Waals surface area contributed by atoms with E-state index in [1.54, 1.807) is 7.11 Å². The molecule has 1 aromatic carbocycles. The first-order valence-electron chi connectivity index (χ1n) is 9.21. The number of hydrogen-bond acceptors (Lipinski definition) is 4. The third kappa shape index (κ3) is 6.33. The first-order valence-corrected chi connectivity index (χ1v) is 9.21. The summed E-state index contributed by atoms with van der Waals surface area (Å²) in [5.74, 6) is 0.924. The van der Waals surface area contributed by atoms with Crippen LogP contribution in [0.15, 0.2) is 24.3 Å². The van der Waals surface area contributed by atoms with Gasteiger partial charge in [0, 0.05) is 31.1 Å². The molecule has 0 saturated carbocycles. The van der Waals surface area contributed by atoms with Gasteiger partial charge in [-0.2, -0.15) is 0 Å². The van der Waals surface area contributed by atoms with Gasteiger partial charge < -0.3 is 15.4 Å². The molecule has 0 aliphatic carbocycles. The zero-order valence-electron chi connectivity index (χ0n) is 16.3. The second kappa shape index (κ2) is 9.03. The molecule has 2 amide bonds. The lowest BCUT2D eigenvalue weighted by atomic mass is 9.94. The van der Waals surface area contributed by atoms with Crippen LogP contribution in [0.2, 0.25) is 0 Å². The number of ether oxygens (including phenoxy) is 1. The van der Waals surface area contributed by atoms with E-state index in [9.17, 15) is 9.59 Å². The maximum absolute atomic E-state index is 12.2. The summed E-state index contributed by atoms with van der Waals surface area (Å²) in [4.78, 5) is 26.3. The Bertz CT molecular complexity index is 600. The molecule has 1 saturated heterocycles. The lowest BCUT2D eigenvalue weighted by Crippen LogP contribution is -2.49. The molecule has 6 nitrogen and oxygen atoms in total. The molecule has 0 radical (unpaired) electrons. The maximum atomic E-state index is 12.2. The fourth-order valence-electron chi connectivity index (χ4n) is 2.84. The van der Waals surface area contributed by atoms with Gasteiger partial charge in [0.1, 0.15) is 5.75 Å². The molecular formula is C20H31N3O3. The highest BCUT2D eigenvalue weighted by molar-refractivity contribution is 5.81. The summed E-state index contributed by atoms with van der Waals surface area (Å²) in [6.45, 7) is 8.33. The number of hydrogen-bond donors (Lipinski definition) is 2. The Hall–Kier alpha value is -2.08. The van der Waals surface area contributed by atoms with Gasteiger partial charge in [-0.25, -0.2) is 0 Å². The van der Waals surface area contributed by atoms with Crippen LogP contribution in [-0.2, 0) is 16.1 Å². The van der Waals surface area contributed by atoms with Crippen LogP contribution in [0.3, 0.4) is 0 Å². The fraction of sp³-hybridized carbons (Fsp3) is 0.600. The molecule has 1 heterocycles. The van der Waals surface area contributed by atoms with Crippen molar-refractivity contribution in [3.05, 3.63) is 29.8 Å². The quantitative estimate of drug-likeness (QED) is 0.812. The number of likely N-dealkylation sites (tertiary alicyclic amines) is 1. The molecule has 0 spiro atoms. The lowest BCUT2D eigenvalue weighted by Gasteiger charge is -2.33. The molecule has 0 unspecified atom stereocenters. The van der Waals surface area contributed by atoms with Crippen LogP contribution in [0.5, 0.6) is 5.75 Å². The standard InChI is InChI=1S/C20H31N3O3/c1-20(2,3)19(25)22-16-9-11-23(12-10-16)14-18(24)21-13-15-5-7-17(26-4)8-6-15/h5-8,16H,9-14H2,1-4H3,(H,21,24)(H,22,25). The predicted octanol–water partition coefficient (Wildman–Crippen LogP) is 1.94. The Morgan fingerprint density at radius 3 is 2.31 bits per heavy atom. The first kappa shape index (κ1) is 20.2. The summed E-state index contributed by atoms with van der Waals surface area (Å²) in [6, 6.07) is 7.88. The molecule has 26 heavy (non-hydrogen) atoms. The van der Waals surface area contributed by atoms with Crippen molar-refractivity contribution in [2.45, 2.75) is 46.2 Å². The van der Waals surface area contributed by atoms with E-state index in [0.717, 1.165) is 37.2 Å². The monoisotopic (exact) mass is 361 g/mol. The van der Waals surface area contributed by atoms with Crippen LogP contribution in [-0.4, -0.2) is 49.5 Å². The molecule has 0 bridgehead atoms. The van der Waals surface area contributed by atoms with Crippen LogP contribution in [0.4, 0.5) is 0 Å². The van der Waals surface area contributed by atoms with Gasteiger partial charge in [-0.3, -0.25) is 14.5 Å². The van der Waals surface area contributed by atoms with Crippen molar-refractivity contribution < 1.29 is 14.3 Å². The average Bonchev–Trinajstić information content (AvgIpc) is 2.61. The third-order valence-electron chi connectivity index (χ3n) is 4.62. The van der Waals surface area contributed by atoms with Gasteiger partial charge >= 0.3 is 0 Å². The van der Waals surface area contributed by atoms with Gasteiger partial charge in [-0.15, -0.1) is 0 Å². The number of piperidine rings is 1. The van der Waals surface area contributed by atoms with Crippen LogP contribution in [0.25, 0.3) is 0 Å². The summed E-state index contributed by atoms with van der Waals surface area (Å²) in [6.07, 6.45) is 1.77. The Balaban J connectivity index is 1.68. The number of nitrogens with zero attached hydrogens (tertiary/aromatic N) is 1. The highest BCUT2D eigenvalue weighted by Crippen LogP contribution is 2.16. The highest BCUT2D eigenvalue weighted by atomic mass is 16.5. The van der Waals surface area contributed by atoms with E-state index in [-0.39, 0.29) is 23.3 Å². The largest absolute Gasteiger partial charge is 0.497 e. The molecule has 144 valence electrons. The predicted molar refractivity (Wildman–Crippen MR) is 102 cm³/mol. The Kier molecular flexibility index (Phi) is 7.03. The van der Waals surface area contributed by atoms with Gasteiger partial charge in [-0.1, -0.05) is 32.9 Å². The smallest absolute Gasteiger partial charge is 0.234 e. The average molecular weight is 361 g/mol. The number of amides is 2. The van der Waals surface area contributed by atoms with Crippen LogP contribution >= 0.6 is 0 Å². The van der Waals surface area contributed by atoms with Crippen LogP contribution < -0.4 is 15.4 Å². The number of methoxy groups -OCH3 is 1. The summed E-state index contributed by atoms with van der Waals surface area (Å²) in [7, 11) is 1.63. The van der Waals surface area contributed by atoms with Gasteiger partial charge in [0.2, 0.25) is 11.8 Å². The molecule has 0 atom stereocenters. The second-order valence-electron chi connectivity index (χ2n) is 7.90. The Morgan fingerprint density at radius 1 is 1.15 bits per heavy atom. The third-order valence-corrected chi connectivity index (χ3v) is 4.62. The Morgan fingerprint density at radius 2 is 1.77 bits per heavy atom. The van der Waals surface area contributed by atoms with Crippen LogP contribution in [0, 0.1) is 5.41 Å². The minimum absolute atomic E-state index is 0.0259. The van der Waals surface area contributed by atoms with Gasteiger partial charge in [0.15, 0.2) is 0 Å². The van der Waals surface area contributed by atoms with Gasteiger partial charge in [-0.05, 0) is 30.5 Å². The van der Waals surface area contributed by atoms with Crippen molar-refractivity contribution in [3.63, 3.8) is 0 Å². The van der Waals surface area contributed by atoms with Gasteiger partial charge in [0.05, 0.1) is 13.7 Å². The Labute approximate surface area is 156 Å². The summed E-state index contributed by atoms with van der Waals surface area (Å²) >= 11 is 0. The van der Waals surface area contributed by atoms with E-state index in [1.165, 1.54) is 0 Å². The van der Waals surface area contributed by atoms with E-state index in [1.807, 2.05) is 45.0 Å². The highest BCUT2D eigenvalue weighted by Gasteiger charge is 2.26. The number of rotatable bonds is 6. The number of carbonyl (C=O) groups excluding carboxylic acids is 2. The zero-order valence-corrected chi connectivity index (χ0v) is 16.3. The normalized spacial score (nSPS) is 16.2. The first-order chi connectivity index (χ1) is 12.3.